The molecule has 0 aromatic heterocycles. The van der Waals surface area contributed by atoms with Gasteiger partial charge in [0.15, 0.2) is 0 Å². The third kappa shape index (κ3) is 1.74. The maximum absolute atomic E-state index is 12.0. The van der Waals surface area contributed by atoms with Crippen molar-refractivity contribution < 1.29 is 14.3 Å². The highest BCUT2D eigenvalue weighted by molar-refractivity contribution is 6.30. The highest BCUT2D eigenvalue weighted by Gasteiger charge is 2.47. The first-order valence-corrected chi connectivity index (χ1v) is 6.19. The van der Waals surface area contributed by atoms with E-state index >= 15 is 0 Å². The number of carbonyl (C=O) groups excluding carboxylic acids is 1. The van der Waals surface area contributed by atoms with E-state index in [1.165, 1.54) is 7.11 Å². The number of hydrogen-bond donors (Lipinski definition) is 0. The van der Waals surface area contributed by atoms with Crippen LogP contribution in [0, 0.1) is 0 Å². The van der Waals surface area contributed by atoms with Crippen LogP contribution in [0.15, 0.2) is 48.5 Å². The van der Waals surface area contributed by atoms with Crippen LogP contribution in [0.2, 0.25) is 5.02 Å². The fourth-order valence-corrected chi connectivity index (χ4v) is 2.47. The van der Waals surface area contributed by atoms with Crippen LogP contribution in [-0.4, -0.2) is 13.1 Å². The topological polar surface area (TPSA) is 35.5 Å². The lowest BCUT2D eigenvalue weighted by molar-refractivity contribution is -0.154. The van der Waals surface area contributed by atoms with E-state index in [1.54, 1.807) is 36.4 Å². The molecule has 1 atom stereocenters. The average molecular weight is 275 g/mol. The van der Waals surface area contributed by atoms with Crippen molar-refractivity contribution in [2.75, 3.05) is 7.11 Å². The summed E-state index contributed by atoms with van der Waals surface area (Å²) in [4.78, 5) is 12.0. The number of cyclic esters (lactones) is 1. The Kier molecular flexibility index (Phi) is 2.81. The van der Waals surface area contributed by atoms with Crippen molar-refractivity contribution in [1.82, 2.24) is 0 Å². The Labute approximate surface area is 115 Å². The molecule has 1 aliphatic heterocycles. The van der Waals surface area contributed by atoms with Gasteiger partial charge in [0.25, 0.3) is 5.79 Å². The van der Waals surface area contributed by atoms with Gasteiger partial charge in [0.1, 0.15) is 0 Å². The fraction of sp³-hybridized carbons (Fsp3) is 0.133. The Balaban J connectivity index is 2.21. The van der Waals surface area contributed by atoms with E-state index < -0.39 is 5.79 Å². The van der Waals surface area contributed by atoms with Crippen LogP contribution in [0.1, 0.15) is 21.5 Å². The molecule has 0 N–H and O–H groups in total. The molecule has 0 radical (unpaired) electrons. The molecule has 2 aromatic carbocycles. The molecule has 0 saturated heterocycles. The average Bonchev–Trinajstić information content (AvgIpc) is 2.74. The molecule has 0 amide bonds. The number of ether oxygens (including phenoxy) is 2. The number of halogens is 1. The largest absolute Gasteiger partial charge is 0.420 e. The summed E-state index contributed by atoms with van der Waals surface area (Å²) < 4.78 is 11.0. The van der Waals surface area contributed by atoms with Crippen LogP contribution in [0.5, 0.6) is 0 Å². The van der Waals surface area contributed by atoms with Gasteiger partial charge in [-0.25, -0.2) is 4.79 Å². The second-order valence-corrected chi connectivity index (χ2v) is 4.70. The van der Waals surface area contributed by atoms with E-state index in [-0.39, 0.29) is 5.97 Å². The van der Waals surface area contributed by atoms with Crippen molar-refractivity contribution in [2.45, 2.75) is 5.79 Å². The summed E-state index contributed by atoms with van der Waals surface area (Å²) in [5.74, 6) is -1.56. The van der Waals surface area contributed by atoms with Gasteiger partial charge < -0.3 is 9.47 Å². The number of methoxy groups -OCH3 is 1. The molecule has 1 heterocycles. The van der Waals surface area contributed by atoms with Gasteiger partial charge in [0.05, 0.1) is 5.56 Å². The zero-order chi connectivity index (χ0) is 13.5. The highest BCUT2D eigenvalue weighted by atomic mass is 35.5. The molecule has 4 heteroatoms. The molecule has 1 aliphatic rings. The molecule has 0 bridgehead atoms. The quantitative estimate of drug-likeness (QED) is 0.788. The molecule has 0 saturated carbocycles. The molecule has 3 nitrogen and oxygen atoms in total. The first kappa shape index (κ1) is 12.2. The Morgan fingerprint density at radius 2 is 1.79 bits per heavy atom. The summed E-state index contributed by atoms with van der Waals surface area (Å²) in [7, 11) is 1.52. The molecule has 3 rings (SSSR count). The predicted molar refractivity (Wildman–Crippen MR) is 71.1 cm³/mol. The van der Waals surface area contributed by atoms with Crippen LogP contribution >= 0.6 is 11.6 Å². The second-order valence-electron chi connectivity index (χ2n) is 4.26. The monoisotopic (exact) mass is 274 g/mol. The molecule has 0 fully saturated rings. The molecule has 0 spiro atoms. The van der Waals surface area contributed by atoms with Crippen molar-refractivity contribution in [2.24, 2.45) is 0 Å². The van der Waals surface area contributed by atoms with Gasteiger partial charge in [-0.05, 0) is 18.2 Å². The Morgan fingerprint density at radius 1 is 1.11 bits per heavy atom. The first-order valence-electron chi connectivity index (χ1n) is 5.81. The van der Waals surface area contributed by atoms with Crippen molar-refractivity contribution >= 4 is 17.6 Å². The van der Waals surface area contributed by atoms with Gasteiger partial charge in [-0.1, -0.05) is 41.9 Å². The second kappa shape index (κ2) is 4.37. The number of fused-ring (bicyclic) bond motifs is 1. The van der Waals surface area contributed by atoms with Crippen LogP contribution in [0.4, 0.5) is 0 Å². The van der Waals surface area contributed by atoms with Gasteiger partial charge in [-0.3, -0.25) is 0 Å². The number of esters is 1. The third-order valence-corrected chi connectivity index (χ3v) is 3.50. The summed E-state index contributed by atoms with van der Waals surface area (Å²) in [6.45, 7) is 0. The molecule has 2 aromatic rings. The minimum atomic E-state index is -1.18. The zero-order valence-electron chi connectivity index (χ0n) is 10.2. The van der Waals surface area contributed by atoms with Gasteiger partial charge in [0, 0.05) is 23.3 Å². The molecule has 96 valence electrons. The number of hydrogen-bond acceptors (Lipinski definition) is 3. The lowest BCUT2D eigenvalue weighted by Gasteiger charge is -2.27. The smallest absolute Gasteiger partial charge is 0.341 e. The van der Waals surface area contributed by atoms with E-state index in [0.29, 0.717) is 16.1 Å². The number of rotatable bonds is 2. The van der Waals surface area contributed by atoms with Gasteiger partial charge >= 0.3 is 5.97 Å². The van der Waals surface area contributed by atoms with Crippen molar-refractivity contribution in [1.29, 1.82) is 0 Å². The van der Waals surface area contributed by atoms with E-state index in [2.05, 4.69) is 0 Å². The van der Waals surface area contributed by atoms with E-state index in [9.17, 15) is 4.79 Å². The summed E-state index contributed by atoms with van der Waals surface area (Å²) in [5, 5.41) is 0.618. The SMILES string of the molecule is COC1(c2ccc(Cl)cc2)OC(=O)c2ccccc21. The van der Waals surface area contributed by atoms with Crippen LogP contribution in [0.25, 0.3) is 0 Å². The fourth-order valence-electron chi connectivity index (χ4n) is 2.34. The Morgan fingerprint density at radius 3 is 2.47 bits per heavy atom. The van der Waals surface area contributed by atoms with Crippen molar-refractivity contribution in [3.05, 3.63) is 70.2 Å². The zero-order valence-corrected chi connectivity index (χ0v) is 11.0. The van der Waals surface area contributed by atoms with E-state index in [1.807, 2.05) is 12.1 Å². The first-order chi connectivity index (χ1) is 9.17. The van der Waals surface area contributed by atoms with Gasteiger partial charge in [0.2, 0.25) is 0 Å². The number of carbonyl (C=O) groups is 1. The normalized spacial score (nSPS) is 21.1. The summed E-state index contributed by atoms with van der Waals surface area (Å²) in [6.07, 6.45) is 0. The maximum atomic E-state index is 12.0. The van der Waals surface area contributed by atoms with Crippen molar-refractivity contribution in [3.8, 4) is 0 Å². The Hall–Kier alpha value is -1.84. The lowest BCUT2D eigenvalue weighted by atomic mass is 9.95. The molecule has 0 aliphatic carbocycles. The van der Waals surface area contributed by atoms with Crippen LogP contribution in [-0.2, 0) is 15.3 Å². The lowest BCUT2D eigenvalue weighted by Crippen LogP contribution is -2.30. The molecule has 19 heavy (non-hydrogen) atoms. The summed E-state index contributed by atoms with van der Waals surface area (Å²) >= 11 is 5.89. The van der Waals surface area contributed by atoms with Crippen LogP contribution in [0.3, 0.4) is 0 Å². The highest BCUT2D eigenvalue weighted by Crippen LogP contribution is 2.42. The van der Waals surface area contributed by atoms with Crippen LogP contribution < -0.4 is 0 Å². The number of benzene rings is 2. The third-order valence-electron chi connectivity index (χ3n) is 3.25. The minimum Gasteiger partial charge on any atom is -0.420 e. The summed E-state index contributed by atoms with van der Waals surface area (Å²) in [5.41, 5.74) is 1.97. The van der Waals surface area contributed by atoms with Gasteiger partial charge in [-0.15, -0.1) is 0 Å². The molecular weight excluding hydrogens is 264 g/mol. The minimum absolute atomic E-state index is 0.382. The maximum Gasteiger partial charge on any atom is 0.341 e. The Bertz CT molecular complexity index is 636. The predicted octanol–water partition coefficient (Wildman–Crippen LogP) is 3.36. The molecule has 1 unspecified atom stereocenters. The standard InChI is InChI=1S/C15H11ClO3/c1-18-15(10-6-8-11(16)9-7-10)13-5-3-2-4-12(13)14(17)19-15/h2-9H,1H3. The molecular formula is C15H11ClO3. The summed E-state index contributed by atoms with van der Waals surface area (Å²) in [6, 6.07) is 14.3. The van der Waals surface area contributed by atoms with Gasteiger partial charge in [-0.2, -0.15) is 0 Å². The van der Waals surface area contributed by atoms with Crippen molar-refractivity contribution in [3.63, 3.8) is 0 Å². The van der Waals surface area contributed by atoms with E-state index in [0.717, 1.165) is 5.56 Å². The van der Waals surface area contributed by atoms with E-state index in [4.69, 9.17) is 21.1 Å².